The highest BCUT2D eigenvalue weighted by atomic mass is 15.3. The molecule has 2 aromatic heterocycles. The Morgan fingerprint density at radius 2 is 1.87 bits per heavy atom. The zero-order valence-electron chi connectivity index (χ0n) is 14.1. The number of nitrogens with zero attached hydrogens (tertiary/aromatic N) is 5. The maximum absolute atomic E-state index is 4.60. The van der Waals surface area contributed by atoms with Crippen LogP contribution in [0.3, 0.4) is 0 Å². The topological polar surface area (TPSA) is 35.5 Å². The molecule has 0 aliphatic carbocycles. The van der Waals surface area contributed by atoms with E-state index in [9.17, 15) is 0 Å². The molecule has 0 bridgehead atoms. The van der Waals surface area contributed by atoms with Gasteiger partial charge in [-0.05, 0) is 31.7 Å². The molecule has 4 rings (SSSR count). The molecule has 0 atom stereocenters. The molecule has 4 heterocycles. The molecule has 0 radical (unpaired) electrons. The number of fused-ring (bicyclic) bond motifs is 1. The molecule has 122 valence electrons. The quantitative estimate of drug-likeness (QED) is 0.863. The number of likely N-dealkylation sites (N-methyl/N-ethyl adjacent to an activating group) is 1. The zero-order chi connectivity index (χ0) is 15.8. The normalized spacial score (nSPS) is 20.9. The molecule has 5 nitrogen and oxygen atoms in total. The van der Waals surface area contributed by atoms with E-state index in [4.69, 9.17) is 0 Å². The Kier molecular flexibility index (Phi) is 3.91. The number of hydrogen-bond donors (Lipinski definition) is 0. The molecule has 2 aromatic rings. The van der Waals surface area contributed by atoms with E-state index in [2.05, 4.69) is 37.7 Å². The third-order valence-corrected chi connectivity index (χ3v) is 5.26. The number of pyridine rings is 2. The van der Waals surface area contributed by atoms with Crippen molar-refractivity contribution in [2.75, 3.05) is 50.7 Å². The van der Waals surface area contributed by atoms with E-state index >= 15 is 0 Å². The van der Waals surface area contributed by atoms with E-state index in [0.717, 1.165) is 29.8 Å². The summed E-state index contributed by atoms with van der Waals surface area (Å²) in [5, 5.41) is 0. The number of rotatable bonds is 3. The van der Waals surface area contributed by atoms with E-state index in [-0.39, 0.29) is 0 Å². The molecule has 0 aromatic carbocycles. The average molecular weight is 311 g/mol. The molecule has 0 unspecified atom stereocenters. The van der Waals surface area contributed by atoms with Crippen molar-refractivity contribution in [3.05, 3.63) is 30.1 Å². The van der Waals surface area contributed by atoms with Crippen LogP contribution < -0.4 is 4.90 Å². The second kappa shape index (κ2) is 6.06. The van der Waals surface area contributed by atoms with Gasteiger partial charge in [0.15, 0.2) is 0 Å². The zero-order valence-corrected chi connectivity index (χ0v) is 14.1. The van der Waals surface area contributed by atoms with Crippen LogP contribution in [-0.4, -0.2) is 71.6 Å². The van der Waals surface area contributed by atoms with Crippen molar-refractivity contribution in [1.82, 2.24) is 19.8 Å². The molecule has 0 amide bonds. The molecule has 0 N–H and O–H groups in total. The van der Waals surface area contributed by atoms with Gasteiger partial charge in [0.1, 0.15) is 0 Å². The Labute approximate surface area is 137 Å². The molecule has 5 heteroatoms. The first kappa shape index (κ1) is 14.8. The summed E-state index contributed by atoms with van der Waals surface area (Å²) in [6, 6.07) is 6.95. The number of anilines is 1. The predicted octanol–water partition coefficient (Wildman–Crippen LogP) is 1.76. The van der Waals surface area contributed by atoms with Crippen LogP contribution in [-0.2, 0) is 0 Å². The Morgan fingerprint density at radius 1 is 1.09 bits per heavy atom. The second-order valence-electron chi connectivity index (χ2n) is 6.71. The second-order valence-corrected chi connectivity index (χ2v) is 6.71. The van der Waals surface area contributed by atoms with Crippen LogP contribution >= 0.6 is 0 Å². The van der Waals surface area contributed by atoms with Crippen LogP contribution in [0, 0.1) is 6.92 Å². The highest BCUT2D eigenvalue weighted by molar-refractivity contribution is 5.78. The highest BCUT2D eigenvalue weighted by Crippen LogP contribution is 2.26. The van der Waals surface area contributed by atoms with Crippen LogP contribution in [0.5, 0.6) is 0 Å². The van der Waals surface area contributed by atoms with Crippen molar-refractivity contribution in [2.45, 2.75) is 19.9 Å². The molecule has 2 fully saturated rings. The smallest absolute Gasteiger partial charge is 0.0910 e. The Hall–Kier alpha value is -1.72. The van der Waals surface area contributed by atoms with Crippen molar-refractivity contribution in [2.24, 2.45) is 0 Å². The first-order chi connectivity index (χ1) is 11.2. The van der Waals surface area contributed by atoms with Crippen molar-refractivity contribution in [1.29, 1.82) is 0 Å². The van der Waals surface area contributed by atoms with Gasteiger partial charge in [-0.25, -0.2) is 0 Å². The highest BCUT2D eigenvalue weighted by Gasteiger charge is 2.33. The Bertz CT molecular complexity index is 687. The largest absolute Gasteiger partial charge is 0.367 e. The maximum atomic E-state index is 4.60. The Morgan fingerprint density at radius 3 is 2.61 bits per heavy atom. The lowest BCUT2D eigenvalue weighted by atomic mass is 10.0. The molecular formula is C18H25N5. The van der Waals surface area contributed by atoms with Crippen LogP contribution in [0.4, 0.5) is 5.69 Å². The summed E-state index contributed by atoms with van der Waals surface area (Å²) in [6.07, 6.45) is 1.99. The predicted molar refractivity (Wildman–Crippen MR) is 94.0 cm³/mol. The van der Waals surface area contributed by atoms with Gasteiger partial charge in [-0.2, -0.15) is 0 Å². The SMILES string of the molecule is CCN1CCN(C2CN(c3cnc4ccc(C)nc4c3)C2)CC1. The van der Waals surface area contributed by atoms with Gasteiger partial charge >= 0.3 is 0 Å². The average Bonchev–Trinajstić information content (AvgIpc) is 2.54. The lowest BCUT2D eigenvalue weighted by Crippen LogP contribution is -2.63. The first-order valence-electron chi connectivity index (χ1n) is 8.67. The fourth-order valence-electron chi connectivity index (χ4n) is 3.61. The van der Waals surface area contributed by atoms with Gasteiger partial charge in [-0.1, -0.05) is 6.92 Å². The minimum absolute atomic E-state index is 0.704. The van der Waals surface area contributed by atoms with E-state index in [1.54, 1.807) is 0 Å². The fourth-order valence-corrected chi connectivity index (χ4v) is 3.61. The van der Waals surface area contributed by atoms with Crippen LogP contribution in [0.1, 0.15) is 12.6 Å². The molecule has 0 spiro atoms. The lowest BCUT2D eigenvalue weighted by molar-refractivity contribution is 0.0861. The van der Waals surface area contributed by atoms with E-state index in [1.165, 1.54) is 38.4 Å². The summed E-state index contributed by atoms with van der Waals surface area (Å²) in [4.78, 5) is 16.8. The fraction of sp³-hybridized carbons (Fsp3) is 0.556. The van der Waals surface area contributed by atoms with Crippen molar-refractivity contribution < 1.29 is 0 Å². The van der Waals surface area contributed by atoms with Crippen LogP contribution in [0.25, 0.3) is 11.0 Å². The lowest BCUT2D eigenvalue weighted by Gasteiger charge is -2.49. The van der Waals surface area contributed by atoms with E-state index < -0.39 is 0 Å². The summed E-state index contributed by atoms with van der Waals surface area (Å²) in [5.41, 5.74) is 4.24. The van der Waals surface area contributed by atoms with Crippen molar-refractivity contribution >= 4 is 16.7 Å². The van der Waals surface area contributed by atoms with Crippen LogP contribution in [0.15, 0.2) is 24.4 Å². The minimum Gasteiger partial charge on any atom is -0.367 e. The standard InChI is InChI=1S/C18H25N5/c1-3-21-6-8-22(9-7-21)16-12-23(13-16)15-10-18-17(19-11-15)5-4-14(2)20-18/h4-5,10-11,16H,3,6-9,12-13H2,1-2H3. The molecule has 2 aliphatic heterocycles. The van der Waals surface area contributed by atoms with Gasteiger partial charge in [0, 0.05) is 51.0 Å². The van der Waals surface area contributed by atoms with Gasteiger partial charge in [0.2, 0.25) is 0 Å². The monoisotopic (exact) mass is 311 g/mol. The van der Waals surface area contributed by atoms with Gasteiger partial charge < -0.3 is 9.80 Å². The molecule has 0 saturated carbocycles. The number of aryl methyl sites for hydroxylation is 1. The Balaban J connectivity index is 1.40. The summed E-state index contributed by atoms with van der Waals surface area (Å²) >= 11 is 0. The minimum atomic E-state index is 0.704. The summed E-state index contributed by atoms with van der Waals surface area (Å²) < 4.78 is 0. The summed E-state index contributed by atoms with van der Waals surface area (Å²) in [7, 11) is 0. The third-order valence-electron chi connectivity index (χ3n) is 5.26. The molecular weight excluding hydrogens is 286 g/mol. The molecule has 23 heavy (non-hydrogen) atoms. The number of piperazine rings is 1. The number of aromatic nitrogens is 2. The maximum Gasteiger partial charge on any atom is 0.0910 e. The summed E-state index contributed by atoms with van der Waals surface area (Å²) in [5.74, 6) is 0. The van der Waals surface area contributed by atoms with Gasteiger partial charge in [-0.3, -0.25) is 14.9 Å². The molecule has 2 aliphatic rings. The van der Waals surface area contributed by atoms with Gasteiger partial charge in [0.25, 0.3) is 0 Å². The summed E-state index contributed by atoms with van der Waals surface area (Å²) in [6.45, 7) is 12.6. The number of hydrogen-bond acceptors (Lipinski definition) is 5. The van der Waals surface area contributed by atoms with Crippen molar-refractivity contribution in [3.63, 3.8) is 0 Å². The van der Waals surface area contributed by atoms with E-state index in [1.807, 2.05) is 25.3 Å². The van der Waals surface area contributed by atoms with Crippen molar-refractivity contribution in [3.8, 4) is 0 Å². The van der Waals surface area contributed by atoms with Gasteiger partial charge in [-0.15, -0.1) is 0 Å². The molecule has 2 saturated heterocycles. The first-order valence-corrected chi connectivity index (χ1v) is 8.67. The van der Waals surface area contributed by atoms with Crippen LogP contribution in [0.2, 0.25) is 0 Å². The third kappa shape index (κ3) is 2.91. The van der Waals surface area contributed by atoms with Gasteiger partial charge in [0.05, 0.1) is 22.9 Å². The van der Waals surface area contributed by atoms with E-state index in [0.29, 0.717) is 6.04 Å².